The maximum Gasteiger partial charge on any atom is 0.257 e. The molecule has 0 saturated heterocycles. The molecule has 0 bridgehead atoms. The quantitative estimate of drug-likeness (QED) is 0.841. The second-order valence-corrected chi connectivity index (χ2v) is 7.84. The molecule has 1 aromatic rings. The van der Waals surface area contributed by atoms with Crippen LogP contribution in [-0.2, 0) is 17.1 Å². The number of nitrogens with zero attached hydrogens (tertiary/aromatic N) is 2. The van der Waals surface area contributed by atoms with Crippen molar-refractivity contribution in [3.05, 3.63) is 12.3 Å². The lowest BCUT2D eigenvalue weighted by atomic mass is 9.90. The van der Waals surface area contributed by atoms with E-state index in [9.17, 15) is 8.42 Å². The maximum atomic E-state index is 12.0. The van der Waals surface area contributed by atoms with Gasteiger partial charge >= 0.3 is 0 Å². The van der Waals surface area contributed by atoms with E-state index in [1.54, 1.807) is 7.05 Å². The third-order valence-electron chi connectivity index (χ3n) is 2.38. The average Bonchev–Trinajstić information content (AvgIpc) is 2.60. The molecule has 1 atom stereocenters. The number of alkyl halides is 1. The third-order valence-corrected chi connectivity index (χ3v) is 4.19. The van der Waals surface area contributed by atoms with Crippen molar-refractivity contribution in [2.24, 2.45) is 12.5 Å². The summed E-state index contributed by atoms with van der Waals surface area (Å²) in [6.45, 7) is 6.42. The number of rotatable bonds is 5. The molecule has 1 N–H and O–H groups in total. The van der Waals surface area contributed by atoms with Crippen LogP contribution in [-0.4, -0.2) is 30.1 Å². The second kappa shape index (κ2) is 5.59. The number of nitrogens with one attached hydrogen (secondary N) is 1. The second-order valence-electron chi connectivity index (χ2n) is 5.51. The van der Waals surface area contributed by atoms with Crippen LogP contribution in [0.25, 0.3) is 0 Å². The molecular formula is C11H20ClN3O2S. The average molecular weight is 294 g/mol. The van der Waals surface area contributed by atoms with Crippen molar-refractivity contribution in [1.29, 1.82) is 0 Å². The largest absolute Gasteiger partial charge is 0.257 e. The molecule has 0 amide bonds. The molecular weight excluding hydrogens is 274 g/mol. The minimum Gasteiger partial charge on any atom is -0.256 e. The van der Waals surface area contributed by atoms with Crippen molar-refractivity contribution in [3.63, 3.8) is 0 Å². The van der Waals surface area contributed by atoms with Crippen LogP contribution in [0.2, 0.25) is 0 Å². The summed E-state index contributed by atoms with van der Waals surface area (Å²) in [4.78, 5) is 0. The minimum atomic E-state index is -3.53. The fourth-order valence-electron chi connectivity index (χ4n) is 1.64. The molecule has 1 aromatic heterocycles. The van der Waals surface area contributed by atoms with E-state index in [1.165, 1.54) is 16.9 Å². The molecule has 1 unspecified atom stereocenters. The predicted molar refractivity (Wildman–Crippen MR) is 72.1 cm³/mol. The first-order valence-electron chi connectivity index (χ1n) is 5.73. The van der Waals surface area contributed by atoms with E-state index >= 15 is 0 Å². The highest BCUT2D eigenvalue weighted by molar-refractivity contribution is 7.89. The normalized spacial score (nSPS) is 14.7. The standard InChI is InChI=1S/C11H20ClN3O2S/c1-11(2,3)7-9(12)8-14-18(16,17)10-5-6-13-15(10)4/h5-6,9,14H,7-8H2,1-4H3. The van der Waals surface area contributed by atoms with Crippen LogP contribution >= 0.6 is 11.6 Å². The smallest absolute Gasteiger partial charge is 0.256 e. The zero-order valence-electron chi connectivity index (χ0n) is 11.1. The van der Waals surface area contributed by atoms with Crippen LogP contribution in [0.5, 0.6) is 0 Å². The van der Waals surface area contributed by atoms with Gasteiger partial charge in [-0.05, 0) is 17.9 Å². The Hall–Kier alpha value is -0.590. The monoisotopic (exact) mass is 293 g/mol. The summed E-state index contributed by atoms with van der Waals surface area (Å²) in [6.07, 6.45) is 2.18. The molecule has 0 aliphatic rings. The van der Waals surface area contributed by atoms with Gasteiger partial charge in [0, 0.05) is 19.0 Å². The number of halogens is 1. The van der Waals surface area contributed by atoms with Crippen LogP contribution < -0.4 is 4.72 Å². The third kappa shape index (κ3) is 4.59. The van der Waals surface area contributed by atoms with Crippen molar-refractivity contribution in [2.45, 2.75) is 37.6 Å². The van der Waals surface area contributed by atoms with E-state index < -0.39 is 10.0 Å². The van der Waals surface area contributed by atoms with Gasteiger partial charge in [-0.15, -0.1) is 11.6 Å². The van der Waals surface area contributed by atoms with E-state index in [1.807, 2.05) is 0 Å². The highest BCUT2D eigenvalue weighted by Crippen LogP contribution is 2.23. The molecule has 5 nitrogen and oxygen atoms in total. The van der Waals surface area contributed by atoms with Gasteiger partial charge < -0.3 is 0 Å². The molecule has 18 heavy (non-hydrogen) atoms. The minimum absolute atomic E-state index is 0.0738. The molecule has 0 spiro atoms. The van der Waals surface area contributed by atoms with Crippen molar-refractivity contribution in [3.8, 4) is 0 Å². The number of sulfonamides is 1. The van der Waals surface area contributed by atoms with Crippen LogP contribution in [0.15, 0.2) is 17.3 Å². The van der Waals surface area contributed by atoms with Crippen LogP contribution in [0, 0.1) is 5.41 Å². The number of hydrogen-bond donors (Lipinski definition) is 1. The summed E-state index contributed by atoms with van der Waals surface area (Å²) >= 11 is 6.12. The number of hydrogen-bond acceptors (Lipinski definition) is 3. The summed E-state index contributed by atoms with van der Waals surface area (Å²) in [6, 6.07) is 1.45. The van der Waals surface area contributed by atoms with Gasteiger partial charge in [-0.2, -0.15) is 5.10 Å². The Bertz CT molecular complexity index is 491. The van der Waals surface area contributed by atoms with Crippen molar-refractivity contribution in [1.82, 2.24) is 14.5 Å². The fraction of sp³-hybridized carbons (Fsp3) is 0.727. The van der Waals surface area contributed by atoms with Crippen LogP contribution in [0.3, 0.4) is 0 Å². The topological polar surface area (TPSA) is 64.0 Å². The first-order valence-corrected chi connectivity index (χ1v) is 7.65. The molecule has 1 heterocycles. The lowest BCUT2D eigenvalue weighted by molar-refractivity contribution is 0.369. The van der Waals surface area contributed by atoms with E-state index in [-0.39, 0.29) is 22.4 Å². The summed E-state index contributed by atoms with van der Waals surface area (Å²) in [5.74, 6) is 0. The van der Waals surface area contributed by atoms with Gasteiger partial charge in [-0.3, -0.25) is 4.68 Å². The van der Waals surface area contributed by atoms with Gasteiger partial charge in [0.05, 0.1) is 6.20 Å². The number of aryl methyl sites for hydroxylation is 1. The molecule has 1 rings (SSSR count). The van der Waals surface area contributed by atoms with Crippen LogP contribution in [0.4, 0.5) is 0 Å². The molecule has 7 heteroatoms. The van der Waals surface area contributed by atoms with Gasteiger partial charge in [0.1, 0.15) is 0 Å². The Balaban J connectivity index is 2.61. The summed E-state index contributed by atoms with van der Waals surface area (Å²) in [5, 5.41) is 3.75. The molecule has 0 aliphatic heterocycles. The van der Waals surface area contributed by atoms with E-state index in [2.05, 4.69) is 30.6 Å². The van der Waals surface area contributed by atoms with Gasteiger partial charge in [0.2, 0.25) is 0 Å². The van der Waals surface area contributed by atoms with E-state index in [0.717, 1.165) is 6.42 Å². The first-order chi connectivity index (χ1) is 8.12. The Morgan fingerprint density at radius 1 is 1.50 bits per heavy atom. The Morgan fingerprint density at radius 2 is 2.11 bits per heavy atom. The number of aromatic nitrogens is 2. The Morgan fingerprint density at radius 3 is 2.56 bits per heavy atom. The van der Waals surface area contributed by atoms with Gasteiger partial charge in [-0.25, -0.2) is 13.1 Å². The highest BCUT2D eigenvalue weighted by Gasteiger charge is 2.21. The summed E-state index contributed by atoms with van der Waals surface area (Å²) in [7, 11) is -1.95. The molecule has 0 fully saturated rings. The van der Waals surface area contributed by atoms with E-state index in [4.69, 9.17) is 11.6 Å². The van der Waals surface area contributed by atoms with E-state index in [0.29, 0.717) is 0 Å². The van der Waals surface area contributed by atoms with Gasteiger partial charge in [-0.1, -0.05) is 20.8 Å². The SMILES string of the molecule is Cn1nccc1S(=O)(=O)NCC(Cl)CC(C)(C)C. The Labute approximate surface area is 114 Å². The summed E-state index contributed by atoms with van der Waals surface area (Å²) < 4.78 is 27.7. The molecule has 0 saturated carbocycles. The highest BCUT2D eigenvalue weighted by atomic mass is 35.5. The van der Waals surface area contributed by atoms with Gasteiger partial charge in [0.15, 0.2) is 5.03 Å². The van der Waals surface area contributed by atoms with Crippen molar-refractivity contribution >= 4 is 21.6 Å². The van der Waals surface area contributed by atoms with Crippen LogP contribution in [0.1, 0.15) is 27.2 Å². The molecule has 0 aromatic carbocycles. The first kappa shape index (κ1) is 15.5. The summed E-state index contributed by atoms with van der Waals surface area (Å²) in [5.41, 5.74) is 0.0738. The molecule has 0 radical (unpaired) electrons. The molecule has 104 valence electrons. The zero-order chi connectivity index (χ0) is 14.0. The predicted octanol–water partition coefficient (Wildman–Crippen LogP) is 1.74. The fourth-order valence-corrected chi connectivity index (χ4v) is 3.47. The van der Waals surface area contributed by atoms with Crippen molar-refractivity contribution < 1.29 is 8.42 Å². The van der Waals surface area contributed by atoms with Crippen molar-refractivity contribution in [2.75, 3.05) is 6.54 Å². The lowest BCUT2D eigenvalue weighted by Crippen LogP contribution is -2.32. The Kier molecular flexibility index (Phi) is 4.80. The maximum absolute atomic E-state index is 12.0. The zero-order valence-corrected chi connectivity index (χ0v) is 12.7. The van der Waals surface area contributed by atoms with Gasteiger partial charge in [0.25, 0.3) is 10.0 Å². The molecule has 0 aliphatic carbocycles. The lowest BCUT2D eigenvalue weighted by Gasteiger charge is -2.21.